The Morgan fingerprint density at radius 3 is 1.76 bits per heavy atom. The van der Waals surface area contributed by atoms with Crippen LogP contribution in [0.4, 0.5) is 0 Å². The van der Waals surface area contributed by atoms with E-state index in [9.17, 15) is 9.36 Å². The molecule has 0 saturated carbocycles. The highest BCUT2D eigenvalue weighted by Gasteiger charge is 2.28. The van der Waals surface area contributed by atoms with Crippen molar-refractivity contribution in [2.45, 2.75) is 6.16 Å². The van der Waals surface area contributed by atoms with E-state index in [4.69, 9.17) is 0 Å². The average Bonchev–Trinajstić information content (AvgIpc) is 2.94. The number of nitrogens with one attached hydrogen (secondary N) is 2. The van der Waals surface area contributed by atoms with Crippen LogP contribution in [0.25, 0.3) is 0 Å². The Bertz CT molecular complexity index is 778. The SMILES string of the molecule is O=c1cc(CP(=O)(c2ccccc2)c2ccccc2)[nH][nH]1. The molecular weight excluding hydrogens is 283 g/mol. The van der Waals surface area contributed by atoms with Gasteiger partial charge in [0.1, 0.15) is 7.14 Å². The van der Waals surface area contributed by atoms with Gasteiger partial charge in [0.25, 0.3) is 5.56 Å². The second-order valence-corrected chi connectivity index (χ2v) is 7.68. The average molecular weight is 298 g/mol. The van der Waals surface area contributed by atoms with Gasteiger partial charge in [0.05, 0.1) is 6.16 Å². The van der Waals surface area contributed by atoms with E-state index in [1.807, 2.05) is 60.7 Å². The summed E-state index contributed by atoms with van der Waals surface area (Å²) in [4.78, 5) is 11.3. The van der Waals surface area contributed by atoms with Crippen molar-refractivity contribution in [2.75, 3.05) is 0 Å². The molecule has 0 bridgehead atoms. The number of hydrogen-bond acceptors (Lipinski definition) is 2. The van der Waals surface area contributed by atoms with Gasteiger partial charge in [-0.2, -0.15) is 0 Å². The Labute approximate surface area is 122 Å². The van der Waals surface area contributed by atoms with Gasteiger partial charge < -0.3 is 9.66 Å². The van der Waals surface area contributed by atoms with Crippen LogP contribution in [0.15, 0.2) is 71.5 Å². The normalized spacial score (nSPS) is 11.4. The lowest BCUT2D eigenvalue weighted by atomic mass is 10.4. The lowest BCUT2D eigenvalue weighted by molar-refractivity contribution is 0.586. The quantitative estimate of drug-likeness (QED) is 0.725. The number of H-pyrrole nitrogens is 2. The lowest BCUT2D eigenvalue weighted by Crippen LogP contribution is -2.17. The number of aromatic amines is 2. The smallest absolute Gasteiger partial charge is 0.264 e. The summed E-state index contributed by atoms with van der Waals surface area (Å²) in [5.74, 6) is 0. The molecule has 0 atom stereocenters. The molecule has 1 aromatic heterocycles. The van der Waals surface area contributed by atoms with Gasteiger partial charge in [0, 0.05) is 22.4 Å². The third kappa shape index (κ3) is 2.76. The lowest BCUT2D eigenvalue weighted by Gasteiger charge is -2.18. The van der Waals surface area contributed by atoms with Crippen molar-refractivity contribution in [3.63, 3.8) is 0 Å². The highest BCUT2D eigenvalue weighted by molar-refractivity contribution is 7.78. The van der Waals surface area contributed by atoms with Gasteiger partial charge in [-0.05, 0) is 0 Å². The van der Waals surface area contributed by atoms with Crippen LogP contribution in [-0.2, 0) is 10.7 Å². The van der Waals surface area contributed by atoms with E-state index in [1.165, 1.54) is 6.07 Å². The molecule has 3 aromatic rings. The molecule has 3 rings (SSSR count). The molecule has 5 heteroatoms. The van der Waals surface area contributed by atoms with E-state index in [2.05, 4.69) is 10.2 Å². The fraction of sp³-hybridized carbons (Fsp3) is 0.0625. The minimum absolute atomic E-state index is 0.210. The van der Waals surface area contributed by atoms with Gasteiger partial charge in [0.2, 0.25) is 0 Å². The van der Waals surface area contributed by atoms with Crippen LogP contribution in [0, 0.1) is 0 Å². The van der Waals surface area contributed by atoms with Crippen molar-refractivity contribution in [3.8, 4) is 0 Å². The molecule has 0 saturated heterocycles. The molecule has 2 aromatic carbocycles. The fourth-order valence-corrected chi connectivity index (χ4v) is 4.99. The molecule has 0 aliphatic rings. The predicted octanol–water partition coefficient (Wildman–Crippen LogP) is 2.22. The molecule has 0 aliphatic heterocycles. The Balaban J connectivity index is 2.11. The second-order valence-electron chi connectivity index (χ2n) is 4.85. The summed E-state index contributed by atoms with van der Waals surface area (Å²) in [7, 11) is -2.82. The summed E-state index contributed by atoms with van der Waals surface area (Å²) in [5.41, 5.74) is 0.439. The minimum atomic E-state index is -2.82. The molecular formula is C16H15N2O2P. The van der Waals surface area contributed by atoms with Gasteiger partial charge in [-0.1, -0.05) is 60.7 Å². The summed E-state index contributed by atoms with van der Waals surface area (Å²) in [5, 5.41) is 6.86. The molecule has 106 valence electrons. The van der Waals surface area contributed by atoms with Gasteiger partial charge in [-0.25, -0.2) is 0 Å². The van der Waals surface area contributed by atoms with Gasteiger partial charge in [-0.15, -0.1) is 0 Å². The number of benzene rings is 2. The van der Waals surface area contributed by atoms with E-state index in [-0.39, 0.29) is 5.56 Å². The Kier molecular flexibility index (Phi) is 3.63. The summed E-state index contributed by atoms with van der Waals surface area (Å²) >= 11 is 0. The highest BCUT2D eigenvalue weighted by Crippen LogP contribution is 2.46. The van der Waals surface area contributed by atoms with Crippen LogP contribution in [0.1, 0.15) is 5.69 Å². The summed E-state index contributed by atoms with van der Waals surface area (Å²) in [6, 6.07) is 20.3. The first-order valence-electron chi connectivity index (χ1n) is 6.65. The topological polar surface area (TPSA) is 65.7 Å². The van der Waals surface area contributed by atoms with Crippen molar-refractivity contribution in [3.05, 3.63) is 82.8 Å². The fourth-order valence-electron chi connectivity index (χ4n) is 2.37. The van der Waals surface area contributed by atoms with Gasteiger partial charge in [-0.3, -0.25) is 9.89 Å². The standard InChI is InChI=1S/C16H15N2O2P/c19-16-11-13(17-18-16)12-21(20,14-7-3-1-4-8-14)15-9-5-2-6-10-15/h1-11H,12H2,(H2,17,18,19). The Morgan fingerprint density at radius 2 is 1.33 bits per heavy atom. The number of hydrogen-bond donors (Lipinski definition) is 2. The van der Waals surface area contributed by atoms with Gasteiger partial charge >= 0.3 is 0 Å². The molecule has 0 aliphatic carbocycles. The van der Waals surface area contributed by atoms with E-state index in [0.717, 1.165) is 10.6 Å². The summed E-state index contributed by atoms with van der Waals surface area (Å²) in [6.07, 6.45) is 0.291. The first-order valence-corrected chi connectivity index (χ1v) is 8.54. The summed E-state index contributed by atoms with van der Waals surface area (Å²) in [6.45, 7) is 0. The maximum Gasteiger partial charge on any atom is 0.264 e. The molecule has 4 nitrogen and oxygen atoms in total. The minimum Gasteiger partial charge on any atom is -0.313 e. The maximum absolute atomic E-state index is 13.7. The van der Waals surface area contributed by atoms with Gasteiger partial charge in [0.15, 0.2) is 0 Å². The van der Waals surface area contributed by atoms with Crippen LogP contribution in [0.2, 0.25) is 0 Å². The van der Waals surface area contributed by atoms with Crippen LogP contribution < -0.4 is 16.2 Å². The van der Waals surface area contributed by atoms with Crippen molar-refractivity contribution >= 4 is 17.8 Å². The molecule has 21 heavy (non-hydrogen) atoms. The molecule has 0 unspecified atom stereocenters. The zero-order chi connectivity index (χ0) is 14.7. The van der Waals surface area contributed by atoms with Crippen molar-refractivity contribution in [1.29, 1.82) is 0 Å². The van der Waals surface area contributed by atoms with Crippen LogP contribution in [0.5, 0.6) is 0 Å². The monoisotopic (exact) mass is 298 g/mol. The van der Waals surface area contributed by atoms with Crippen LogP contribution in [0.3, 0.4) is 0 Å². The van der Waals surface area contributed by atoms with Crippen molar-refractivity contribution < 1.29 is 4.57 Å². The van der Waals surface area contributed by atoms with Crippen molar-refractivity contribution in [1.82, 2.24) is 10.2 Å². The second kappa shape index (κ2) is 5.58. The Hall–Kier alpha value is -2.32. The largest absolute Gasteiger partial charge is 0.313 e. The van der Waals surface area contributed by atoms with E-state index >= 15 is 0 Å². The van der Waals surface area contributed by atoms with Crippen LogP contribution >= 0.6 is 7.14 Å². The third-order valence-corrected chi connectivity index (χ3v) is 6.44. The number of aromatic nitrogens is 2. The molecule has 2 N–H and O–H groups in total. The first kappa shape index (κ1) is 13.7. The zero-order valence-electron chi connectivity index (χ0n) is 11.3. The van der Waals surface area contributed by atoms with Crippen molar-refractivity contribution in [2.24, 2.45) is 0 Å². The molecule has 0 spiro atoms. The molecule has 0 radical (unpaired) electrons. The first-order chi connectivity index (χ1) is 10.2. The maximum atomic E-state index is 13.7. The van der Waals surface area contributed by atoms with Crippen LogP contribution in [-0.4, -0.2) is 10.2 Å². The third-order valence-electron chi connectivity index (χ3n) is 3.39. The number of rotatable bonds is 4. The summed E-state index contributed by atoms with van der Waals surface area (Å²) < 4.78 is 13.7. The van der Waals surface area contributed by atoms with E-state index in [1.54, 1.807) is 0 Å². The molecule has 1 heterocycles. The van der Waals surface area contributed by atoms with E-state index < -0.39 is 7.14 Å². The Morgan fingerprint density at radius 1 is 0.810 bits per heavy atom. The zero-order valence-corrected chi connectivity index (χ0v) is 12.2. The molecule has 0 amide bonds. The highest BCUT2D eigenvalue weighted by atomic mass is 31.2. The predicted molar refractivity (Wildman–Crippen MR) is 84.9 cm³/mol. The van der Waals surface area contributed by atoms with E-state index in [0.29, 0.717) is 11.9 Å². The molecule has 0 fully saturated rings.